The van der Waals surface area contributed by atoms with Crippen LogP contribution in [0.3, 0.4) is 0 Å². The van der Waals surface area contributed by atoms with Gasteiger partial charge in [0.25, 0.3) is 0 Å². The summed E-state index contributed by atoms with van der Waals surface area (Å²) < 4.78 is 22.8. The van der Waals surface area contributed by atoms with Crippen LogP contribution in [-0.4, -0.2) is 55.0 Å². The van der Waals surface area contributed by atoms with Crippen LogP contribution in [0.25, 0.3) is 45.8 Å². The van der Waals surface area contributed by atoms with Gasteiger partial charge in [0.05, 0.1) is 11.1 Å². The highest BCUT2D eigenvalue weighted by Crippen LogP contribution is 2.31. The molecule has 8 rings (SSSR count). The number of hydrogen-bond acceptors (Lipinski definition) is 16. The van der Waals surface area contributed by atoms with Crippen molar-refractivity contribution < 1.29 is 38.1 Å². The zero-order valence-electron chi connectivity index (χ0n) is 39.8. The van der Waals surface area contributed by atoms with Gasteiger partial charge >= 0.3 is 11.9 Å². The van der Waals surface area contributed by atoms with Gasteiger partial charge in [0.1, 0.15) is 35.1 Å². The number of nitriles is 2. The minimum Gasteiger partial charge on any atom is -0.507 e. The zero-order valence-corrected chi connectivity index (χ0v) is 39.8. The van der Waals surface area contributed by atoms with E-state index in [9.17, 15) is 30.3 Å². The highest BCUT2D eigenvalue weighted by molar-refractivity contribution is 5.93. The predicted molar refractivity (Wildman–Crippen MR) is 267 cm³/mol. The zero-order chi connectivity index (χ0) is 51.2. The van der Waals surface area contributed by atoms with Gasteiger partial charge in [-0.25, -0.2) is 19.6 Å². The smallest absolute Gasteiger partial charge is 0.343 e. The van der Waals surface area contributed by atoms with Gasteiger partial charge in [0.15, 0.2) is 11.4 Å². The molecule has 0 saturated heterocycles. The molecule has 16 nitrogen and oxygen atoms in total. The summed E-state index contributed by atoms with van der Waals surface area (Å²) in [5.41, 5.74) is 5.01. The van der Waals surface area contributed by atoms with E-state index in [-0.39, 0.29) is 67.9 Å². The molecule has 0 atom stereocenters. The van der Waals surface area contributed by atoms with Crippen molar-refractivity contribution in [2.45, 2.75) is 52.4 Å². The van der Waals surface area contributed by atoms with Crippen LogP contribution in [0.4, 0.5) is 0 Å². The fourth-order valence-corrected chi connectivity index (χ4v) is 6.91. The Bertz CT molecular complexity index is 3260. The van der Waals surface area contributed by atoms with E-state index in [1.54, 1.807) is 60.7 Å². The van der Waals surface area contributed by atoms with Gasteiger partial charge in [-0.1, -0.05) is 65.8 Å². The van der Waals surface area contributed by atoms with Crippen molar-refractivity contribution in [3.8, 4) is 81.0 Å². The number of aromatic nitrogens is 4. The first-order valence-corrected chi connectivity index (χ1v) is 22.3. The number of aromatic hydroxyl groups is 2. The number of esters is 2. The third-order valence-electron chi connectivity index (χ3n) is 11.1. The molecule has 0 aliphatic carbocycles. The highest BCUT2D eigenvalue weighted by Gasteiger charge is 2.19. The number of phenols is 2. The Hall–Kier alpha value is -9.80. The topological polar surface area (TPSA) is 243 Å². The molecule has 0 aliphatic rings. The van der Waals surface area contributed by atoms with Gasteiger partial charge in [-0.3, -0.25) is 0 Å². The molecule has 0 fully saturated rings. The Morgan fingerprint density at radius 1 is 0.500 bits per heavy atom. The second kappa shape index (κ2) is 20.4. The SMILES string of the molecule is CC(C)(C)c1ccc(-c2nnc(-c3ccc(C(=O)Oc4ccc(C=N/C(C#N)=C(/C#N)N=Cc5ccc(OC(=O)c6ccc(-c7nnc(-c8ccc(C(C)(C)C)cc8)o7)cc6)cc5O)c(O)c4)cc3)o2)cc1. The normalized spacial score (nSPS) is 12.1. The average Bonchev–Trinajstić information content (AvgIpc) is 4.08. The lowest BCUT2D eigenvalue weighted by Crippen LogP contribution is -2.10. The summed E-state index contributed by atoms with van der Waals surface area (Å²) in [6.45, 7) is 12.8. The lowest BCUT2D eigenvalue weighted by molar-refractivity contribution is 0.0725. The van der Waals surface area contributed by atoms with E-state index >= 15 is 0 Å². The van der Waals surface area contributed by atoms with E-state index in [0.29, 0.717) is 22.9 Å². The molecular weight excluding hydrogens is 913 g/mol. The Kier molecular flexibility index (Phi) is 13.8. The van der Waals surface area contributed by atoms with Crippen LogP contribution in [0.5, 0.6) is 23.0 Å². The number of allylic oxidation sites excluding steroid dienone is 2. The molecule has 0 radical (unpaired) electrons. The molecule has 8 aromatic rings. The molecule has 0 unspecified atom stereocenters. The third kappa shape index (κ3) is 11.4. The standard InChI is InChI=1S/C56H44N8O8/c1-55(2,3)41-21-15-35(16-22-41)51-63-61-49(71-51)33-7-11-37(12-8-33)53(67)69-43-25-19-39(47(65)27-43)31-59-45(29-57)46(30-58)60-32-40-20-26-44(28-48(40)66)70-54(68)38-13-9-34(10-14-38)50-62-64-52(72-50)36-17-23-42(24-18-36)56(4,5)6/h7-28,31-32,65-66H,1-6H3/b46-45-,59-31?,60-32?. The minimum absolute atomic E-state index is 0.00480. The van der Waals surface area contributed by atoms with E-state index < -0.39 is 23.3 Å². The van der Waals surface area contributed by atoms with Crippen molar-refractivity contribution in [1.29, 1.82) is 10.5 Å². The first-order chi connectivity index (χ1) is 34.4. The van der Waals surface area contributed by atoms with Crippen LogP contribution < -0.4 is 9.47 Å². The van der Waals surface area contributed by atoms with Crippen LogP contribution in [0.15, 0.2) is 164 Å². The monoisotopic (exact) mass is 956 g/mol. The molecule has 16 heteroatoms. The second-order valence-corrected chi connectivity index (χ2v) is 18.3. The van der Waals surface area contributed by atoms with Crippen molar-refractivity contribution in [1.82, 2.24) is 20.4 Å². The van der Waals surface area contributed by atoms with Gasteiger partial charge in [-0.15, -0.1) is 20.4 Å². The Balaban J connectivity index is 0.853. The van der Waals surface area contributed by atoms with Crippen LogP contribution in [0, 0.1) is 22.7 Å². The Labute approximate surface area is 413 Å². The molecule has 0 saturated carbocycles. The van der Waals surface area contributed by atoms with Crippen molar-refractivity contribution in [3.63, 3.8) is 0 Å². The summed E-state index contributed by atoms with van der Waals surface area (Å²) in [7, 11) is 0. The average molecular weight is 957 g/mol. The van der Waals surface area contributed by atoms with Crippen molar-refractivity contribution in [3.05, 3.63) is 178 Å². The Morgan fingerprint density at radius 2 is 0.806 bits per heavy atom. The predicted octanol–water partition coefficient (Wildman–Crippen LogP) is 11.4. The number of aliphatic imine (C=N–C) groups is 2. The van der Waals surface area contributed by atoms with Crippen molar-refractivity contribution in [2.24, 2.45) is 9.98 Å². The molecule has 6 aromatic carbocycles. The first-order valence-electron chi connectivity index (χ1n) is 22.3. The summed E-state index contributed by atoms with van der Waals surface area (Å²) in [5, 5.41) is 57.7. The van der Waals surface area contributed by atoms with E-state index in [0.717, 1.165) is 23.6 Å². The maximum Gasteiger partial charge on any atom is 0.343 e. The van der Waals surface area contributed by atoms with Crippen molar-refractivity contribution >= 4 is 24.4 Å². The van der Waals surface area contributed by atoms with Gasteiger partial charge in [-0.05, 0) is 119 Å². The number of ether oxygens (including phenoxy) is 2. The molecule has 2 aromatic heterocycles. The summed E-state index contributed by atoms with van der Waals surface area (Å²) in [6, 6.07) is 40.2. The lowest BCUT2D eigenvalue weighted by Gasteiger charge is -2.18. The van der Waals surface area contributed by atoms with E-state index in [1.165, 1.54) is 47.5 Å². The van der Waals surface area contributed by atoms with Gasteiger partial charge in [0, 0.05) is 57.9 Å². The van der Waals surface area contributed by atoms with E-state index in [4.69, 9.17) is 18.3 Å². The molecule has 2 N–H and O–H groups in total. The number of phenolic OH excluding ortho intramolecular Hbond substituents is 2. The van der Waals surface area contributed by atoms with Crippen LogP contribution >= 0.6 is 0 Å². The number of benzene rings is 6. The molecule has 0 aliphatic heterocycles. The van der Waals surface area contributed by atoms with Gasteiger partial charge in [0.2, 0.25) is 23.6 Å². The third-order valence-corrected chi connectivity index (χ3v) is 11.1. The maximum atomic E-state index is 13.0. The fraction of sp³-hybridized carbons (Fsp3) is 0.143. The maximum absolute atomic E-state index is 13.0. The first kappa shape index (κ1) is 48.6. The quantitative estimate of drug-likeness (QED) is 0.0501. The number of carbonyl (C=O) groups is 2. The number of hydrogen-bond donors (Lipinski definition) is 2. The minimum atomic E-state index is -0.697. The number of rotatable bonds is 12. The molecular formula is C56H44N8O8. The van der Waals surface area contributed by atoms with Crippen LogP contribution in [0.2, 0.25) is 0 Å². The molecule has 0 bridgehead atoms. The molecule has 0 amide bonds. The molecule has 356 valence electrons. The highest BCUT2D eigenvalue weighted by atomic mass is 16.5. The molecule has 0 spiro atoms. The molecule has 2 heterocycles. The second-order valence-electron chi connectivity index (χ2n) is 18.3. The Morgan fingerprint density at radius 3 is 1.08 bits per heavy atom. The summed E-state index contributed by atoms with van der Waals surface area (Å²) in [6.07, 6.45) is 2.27. The number of carbonyl (C=O) groups excluding carboxylic acids is 2. The van der Waals surface area contributed by atoms with Gasteiger partial charge < -0.3 is 28.5 Å². The summed E-state index contributed by atoms with van der Waals surface area (Å²) in [5.74, 6) is -0.734. The summed E-state index contributed by atoms with van der Waals surface area (Å²) >= 11 is 0. The van der Waals surface area contributed by atoms with E-state index in [2.05, 4.69) is 71.9 Å². The van der Waals surface area contributed by atoms with Crippen LogP contribution in [-0.2, 0) is 10.8 Å². The fourth-order valence-electron chi connectivity index (χ4n) is 6.91. The number of nitrogens with zero attached hydrogens (tertiary/aromatic N) is 8. The van der Waals surface area contributed by atoms with Gasteiger partial charge in [-0.2, -0.15) is 10.5 Å². The van der Waals surface area contributed by atoms with E-state index in [1.807, 2.05) is 48.5 Å². The molecule has 72 heavy (non-hydrogen) atoms. The lowest BCUT2D eigenvalue weighted by atomic mass is 9.87. The summed E-state index contributed by atoms with van der Waals surface area (Å²) in [4.78, 5) is 34.1. The van der Waals surface area contributed by atoms with Crippen molar-refractivity contribution in [2.75, 3.05) is 0 Å². The van der Waals surface area contributed by atoms with Crippen LogP contribution in [0.1, 0.15) is 84.5 Å². The largest absolute Gasteiger partial charge is 0.507 e.